The van der Waals surface area contributed by atoms with Gasteiger partial charge in [0.15, 0.2) is 0 Å². The van der Waals surface area contributed by atoms with Gasteiger partial charge in [0.05, 0.1) is 4.47 Å². The van der Waals surface area contributed by atoms with E-state index in [0.717, 1.165) is 21.2 Å². The highest BCUT2D eigenvalue weighted by Gasteiger charge is 2.07. The van der Waals surface area contributed by atoms with Crippen LogP contribution in [-0.2, 0) is 6.61 Å². The zero-order chi connectivity index (χ0) is 14.8. The van der Waals surface area contributed by atoms with Crippen molar-refractivity contribution >= 4 is 44.0 Å². The Bertz CT molecular complexity index is 804. The Labute approximate surface area is 136 Å². The number of hydrogen-bond acceptors (Lipinski definition) is 2. The van der Waals surface area contributed by atoms with Crippen LogP contribution < -0.4 is 10.5 Å². The van der Waals surface area contributed by atoms with Crippen molar-refractivity contribution < 1.29 is 4.74 Å². The van der Waals surface area contributed by atoms with E-state index < -0.39 is 0 Å². The van der Waals surface area contributed by atoms with E-state index in [-0.39, 0.29) is 0 Å². The lowest BCUT2D eigenvalue weighted by Crippen LogP contribution is -1.98. The van der Waals surface area contributed by atoms with Gasteiger partial charge in [-0.2, -0.15) is 0 Å². The van der Waals surface area contributed by atoms with Gasteiger partial charge in [0.25, 0.3) is 0 Å². The van der Waals surface area contributed by atoms with Crippen LogP contribution in [0.3, 0.4) is 0 Å². The normalized spacial score (nSPS) is 10.8. The molecule has 106 valence electrons. The molecule has 2 N–H and O–H groups in total. The molecule has 2 nitrogen and oxygen atoms in total. The van der Waals surface area contributed by atoms with Crippen molar-refractivity contribution in [3.8, 4) is 5.75 Å². The monoisotopic (exact) mass is 361 g/mol. The Kier molecular flexibility index (Phi) is 4.04. The van der Waals surface area contributed by atoms with Gasteiger partial charge in [0.1, 0.15) is 12.4 Å². The predicted octanol–water partition coefficient (Wildman–Crippen LogP) is 5.42. The molecular formula is C17H13BrClNO. The zero-order valence-corrected chi connectivity index (χ0v) is 13.5. The summed E-state index contributed by atoms with van der Waals surface area (Å²) in [5.41, 5.74) is 7.25. The van der Waals surface area contributed by atoms with Crippen molar-refractivity contribution in [3.63, 3.8) is 0 Å². The van der Waals surface area contributed by atoms with Gasteiger partial charge in [-0.15, -0.1) is 0 Å². The van der Waals surface area contributed by atoms with Crippen LogP contribution in [0.2, 0.25) is 5.02 Å². The summed E-state index contributed by atoms with van der Waals surface area (Å²) in [6.07, 6.45) is 0. The molecule has 0 amide bonds. The fourth-order valence-electron chi connectivity index (χ4n) is 2.16. The summed E-state index contributed by atoms with van der Waals surface area (Å²) in [5, 5.41) is 2.91. The summed E-state index contributed by atoms with van der Waals surface area (Å²) in [6.45, 7) is 0.399. The van der Waals surface area contributed by atoms with Crippen molar-refractivity contribution in [2.24, 2.45) is 0 Å². The minimum absolute atomic E-state index is 0.399. The van der Waals surface area contributed by atoms with Gasteiger partial charge in [0.2, 0.25) is 0 Å². The maximum atomic E-state index is 6.16. The molecule has 21 heavy (non-hydrogen) atoms. The van der Waals surface area contributed by atoms with Crippen LogP contribution in [0.4, 0.5) is 5.69 Å². The van der Waals surface area contributed by atoms with Gasteiger partial charge in [-0.1, -0.05) is 48.0 Å². The molecular weight excluding hydrogens is 350 g/mol. The third kappa shape index (κ3) is 2.99. The van der Waals surface area contributed by atoms with Crippen LogP contribution in [0.15, 0.2) is 59.1 Å². The second kappa shape index (κ2) is 5.96. The van der Waals surface area contributed by atoms with Gasteiger partial charge in [-0.05, 0) is 44.9 Å². The fraction of sp³-hybridized carbons (Fsp3) is 0.0588. The summed E-state index contributed by atoms with van der Waals surface area (Å²) in [4.78, 5) is 0. The molecule has 0 aliphatic carbocycles. The number of nitrogen functional groups attached to an aromatic ring is 1. The number of benzene rings is 3. The largest absolute Gasteiger partial charge is 0.488 e. The molecule has 4 heteroatoms. The lowest BCUT2D eigenvalue weighted by atomic mass is 10.1. The highest BCUT2D eigenvalue weighted by molar-refractivity contribution is 9.10. The Morgan fingerprint density at radius 3 is 2.67 bits per heavy atom. The molecule has 0 aliphatic heterocycles. The Morgan fingerprint density at radius 2 is 1.86 bits per heavy atom. The standard InChI is InChI=1S/C17H13BrClNO/c18-17-14-4-2-1-3-11(14)6-8-16(17)21-10-12-5-7-13(20)9-15(12)19/h1-9H,10,20H2. The highest BCUT2D eigenvalue weighted by atomic mass is 79.9. The maximum Gasteiger partial charge on any atom is 0.134 e. The lowest BCUT2D eigenvalue weighted by molar-refractivity contribution is 0.305. The molecule has 0 atom stereocenters. The van der Waals surface area contributed by atoms with E-state index in [0.29, 0.717) is 17.3 Å². The van der Waals surface area contributed by atoms with Crippen LogP contribution in [0.25, 0.3) is 10.8 Å². The first-order valence-corrected chi connectivity index (χ1v) is 7.66. The van der Waals surface area contributed by atoms with Gasteiger partial charge in [-0.3, -0.25) is 0 Å². The zero-order valence-electron chi connectivity index (χ0n) is 11.1. The smallest absolute Gasteiger partial charge is 0.134 e. The number of halogens is 2. The second-order valence-corrected chi connectivity index (χ2v) is 5.94. The van der Waals surface area contributed by atoms with Crippen LogP contribution in [-0.4, -0.2) is 0 Å². The molecule has 0 saturated heterocycles. The van der Waals surface area contributed by atoms with Crippen molar-refractivity contribution in [2.75, 3.05) is 5.73 Å². The van der Waals surface area contributed by atoms with Crippen LogP contribution in [0, 0.1) is 0 Å². The molecule has 0 spiro atoms. The molecule has 0 heterocycles. The van der Waals surface area contributed by atoms with Crippen molar-refractivity contribution in [1.29, 1.82) is 0 Å². The van der Waals surface area contributed by atoms with E-state index in [1.165, 1.54) is 5.39 Å². The number of rotatable bonds is 3. The molecule has 0 aromatic heterocycles. The Hall–Kier alpha value is -1.71. The molecule has 0 radical (unpaired) electrons. The molecule has 0 fully saturated rings. The van der Waals surface area contributed by atoms with E-state index in [1.807, 2.05) is 36.4 Å². The van der Waals surface area contributed by atoms with E-state index in [9.17, 15) is 0 Å². The number of ether oxygens (including phenoxy) is 1. The molecule has 0 bridgehead atoms. The van der Waals surface area contributed by atoms with Crippen LogP contribution >= 0.6 is 27.5 Å². The third-order valence-electron chi connectivity index (χ3n) is 3.29. The number of hydrogen-bond donors (Lipinski definition) is 1. The number of nitrogens with two attached hydrogens (primary N) is 1. The minimum Gasteiger partial charge on any atom is -0.488 e. The predicted molar refractivity (Wildman–Crippen MR) is 91.8 cm³/mol. The van der Waals surface area contributed by atoms with E-state index in [2.05, 4.69) is 28.1 Å². The first-order valence-electron chi connectivity index (χ1n) is 6.49. The van der Waals surface area contributed by atoms with Crippen molar-refractivity contribution in [2.45, 2.75) is 6.61 Å². The summed E-state index contributed by atoms with van der Waals surface area (Å²) >= 11 is 9.77. The van der Waals surface area contributed by atoms with Crippen LogP contribution in [0.5, 0.6) is 5.75 Å². The molecule has 0 unspecified atom stereocenters. The fourth-order valence-corrected chi connectivity index (χ4v) is 3.01. The molecule has 3 rings (SSSR count). The molecule has 0 aliphatic rings. The first kappa shape index (κ1) is 14.2. The Balaban J connectivity index is 1.87. The van der Waals surface area contributed by atoms with Gasteiger partial charge in [0, 0.05) is 16.3 Å². The lowest BCUT2D eigenvalue weighted by Gasteiger charge is -2.11. The average Bonchev–Trinajstić information content (AvgIpc) is 2.48. The van der Waals surface area contributed by atoms with Crippen molar-refractivity contribution in [3.05, 3.63) is 69.7 Å². The second-order valence-electron chi connectivity index (χ2n) is 4.74. The van der Waals surface area contributed by atoms with Crippen LogP contribution in [0.1, 0.15) is 5.56 Å². The summed E-state index contributed by atoms with van der Waals surface area (Å²) < 4.78 is 6.83. The number of anilines is 1. The number of fused-ring (bicyclic) bond motifs is 1. The van der Waals surface area contributed by atoms with E-state index >= 15 is 0 Å². The topological polar surface area (TPSA) is 35.2 Å². The van der Waals surface area contributed by atoms with Crippen molar-refractivity contribution in [1.82, 2.24) is 0 Å². The highest BCUT2D eigenvalue weighted by Crippen LogP contribution is 2.33. The third-order valence-corrected chi connectivity index (χ3v) is 4.46. The van der Waals surface area contributed by atoms with Gasteiger partial charge in [-0.25, -0.2) is 0 Å². The quantitative estimate of drug-likeness (QED) is 0.632. The summed E-state index contributed by atoms with van der Waals surface area (Å²) in [7, 11) is 0. The molecule has 3 aromatic carbocycles. The SMILES string of the molecule is Nc1ccc(COc2ccc3ccccc3c2Br)c(Cl)c1. The Morgan fingerprint density at radius 1 is 1.05 bits per heavy atom. The van der Waals surface area contributed by atoms with Gasteiger partial charge >= 0.3 is 0 Å². The van der Waals surface area contributed by atoms with E-state index in [4.69, 9.17) is 22.1 Å². The molecule has 0 saturated carbocycles. The van der Waals surface area contributed by atoms with E-state index in [1.54, 1.807) is 6.07 Å². The summed E-state index contributed by atoms with van der Waals surface area (Å²) in [5.74, 6) is 0.793. The maximum absolute atomic E-state index is 6.16. The minimum atomic E-state index is 0.399. The molecule has 3 aromatic rings. The average molecular weight is 363 g/mol. The van der Waals surface area contributed by atoms with Gasteiger partial charge < -0.3 is 10.5 Å². The summed E-state index contributed by atoms with van der Waals surface area (Å²) in [6, 6.07) is 17.6. The first-order chi connectivity index (χ1) is 10.1.